The standard InChI is InChI=1S/C19H31ClN2S/c1-3-4-5-6-7-8-9-10-11-14-21-19(23)22-17-13-12-16(2)18(20)15-17/h12-13,15H,3-11,14H2,1-2H3,(H2,21,22,23). The average Bonchev–Trinajstić information content (AvgIpc) is 2.53. The van der Waals surface area contributed by atoms with Gasteiger partial charge in [-0.25, -0.2) is 0 Å². The Morgan fingerprint density at radius 1 is 1.00 bits per heavy atom. The van der Waals surface area contributed by atoms with E-state index < -0.39 is 0 Å². The van der Waals surface area contributed by atoms with Gasteiger partial charge in [-0.1, -0.05) is 76.0 Å². The highest BCUT2D eigenvalue weighted by Gasteiger charge is 2.00. The third-order valence-electron chi connectivity index (χ3n) is 4.00. The van der Waals surface area contributed by atoms with Crippen LogP contribution in [0, 0.1) is 6.92 Å². The zero-order valence-corrected chi connectivity index (χ0v) is 16.2. The van der Waals surface area contributed by atoms with Crippen LogP contribution in [0.25, 0.3) is 0 Å². The minimum absolute atomic E-state index is 0.671. The van der Waals surface area contributed by atoms with E-state index in [0.29, 0.717) is 5.11 Å². The first kappa shape index (κ1) is 20.2. The molecule has 2 nitrogen and oxygen atoms in total. The van der Waals surface area contributed by atoms with E-state index in [2.05, 4.69) is 17.6 Å². The maximum Gasteiger partial charge on any atom is 0.170 e. The fourth-order valence-corrected chi connectivity index (χ4v) is 2.88. The van der Waals surface area contributed by atoms with Crippen molar-refractivity contribution in [2.75, 3.05) is 11.9 Å². The molecule has 0 spiro atoms. The molecule has 0 aliphatic heterocycles. The Morgan fingerprint density at radius 3 is 2.22 bits per heavy atom. The van der Waals surface area contributed by atoms with Crippen molar-refractivity contribution in [2.45, 2.75) is 71.6 Å². The number of halogens is 1. The van der Waals surface area contributed by atoms with Gasteiger partial charge in [0.25, 0.3) is 0 Å². The molecular weight excluding hydrogens is 324 g/mol. The first-order chi connectivity index (χ1) is 11.1. The smallest absolute Gasteiger partial charge is 0.170 e. The monoisotopic (exact) mass is 354 g/mol. The predicted molar refractivity (Wildman–Crippen MR) is 108 cm³/mol. The molecule has 0 saturated carbocycles. The van der Waals surface area contributed by atoms with Crippen molar-refractivity contribution in [2.24, 2.45) is 0 Å². The zero-order chi connectivity index (χ0) is 16.9. The number of hydrogen-bond donors (Lipinski definition) is 2. The quantitative estimate of drug-likeness (QED) is 0.352. The van der Waals surface area contributed by atoms with Gasteiger partial charge >= 0.3 is 0 Å². The van der Waals surface area contributed by atoms with Crippen LogP contribution in [0.2, 0.25) is 5.02 Å². The molecule has 0 bridgehead atoms. The number of thiocarbonyl (C=S) groups is 1. The van der Waals surface area contributed by atoms with Crippen LogP contribution in [-0.4, -0.2) is 11.7 Å². The third-order valence-corrected chi connectivity index (χ3v) is 4.65. The van der Waals surface area contributed by atoms with Gasteiger partial charge in [0.15, 0.2) is 5.11 Å². The van der Waals surface area contributed by atoms with Crippen molar-refractivity contribution in [3.05, 3.63) is 28.8 Å². The second-order valence-corrected chi connectivity index (χ2v) is 6.99. The summed E-state index contributed by atoms with van der Waals surface area (Å²) in [6.45, 7) is 5.19. The normalized spacial score (nSPS) is 10.6. The molecule has 2 N–H and O–H groups in total. The lowest BCUT2D eigenvalue weighted by molar-refractivity contribution is 0.563. The van der Waals surface area contributed by atoms with E-state index in [-0.39, 0.29) is 0 Å². The van der Waals surface area contributed by atoms with Gasteiger partial charge < -0.3 is 10.6 Å². The largest absolute Gasteiger partial charge is 0.362 e. The topological polar surface area (TPSA) is 24.1 Å². The first-order valence-electron chi connectivity index (χ1n) is 8.94. The molecule has 0 aliphatic carbocycles. The van der Waals surface area contributed by atoms with Gasteiger partial charge in [0.05, 0.1) is 0 Å². The summed E-state index contributed by atoms with van der Waals surface area (Å²) in [5.41, 5.74) is 2.01. The Morgan fingerprint density at radius 2 is 1.61 bits per heavy atom. The second kappa shape index (κ2) is 12.6. The van der Waals surface area contributed by atoms with Gasteiger partial charge in [0.2, 0.25) is 0 Å². The summed E-state index contributed by atoms with van der Waals surface area (Å²) in [5, 5.41) is 7.87. The van der Waals surface area contributed by atoms with Crippen LogP contribution < -0.4 is 10.6 Å². The van der Waals surface area contributed by atoms with Crippen molar-refractivity contribution < 1.29 is 0 Å². The van der Waals surface area contributed by atoms with Crippen LogP contribution >= 0.6 is 23.8 Å². The summed E-state index contributed by atoms with van der Waals surface area (Å²) in [4.78, 5) is 0. The zero-order valence-electron chi connectivity index (χ0n) is 14.6. The summed E-state index contributed by atoms with van der Waals surface area (Å²) in [5.74, 6) is 0. The molecule has 4 heteroatoms. The van der Waals surface area contributed by atoms with Gasteiger partial charge in [0.1, 0.15) is 0 Å². The molecule has 0 fully saturated rings. The molecule has 1 rings (SSSR count). The number of rotatable bonds is 11. The van der Waals surface area contributed by atoms with E-state index in [1.165, 1.54) is 57.8 Å². The van der Waals surface area contributed by atoms with Crippen molar-refractivity contribution in [3.63, 3.8) is 0 Å². The Bertz CT molecular complexity index is 463. The van der Waals surface area contributed by atoms with E-state index in [4.69, 9.17) is 23.8 Å². The Kier molecular flexibility index (Phi) is 11.1. The summed E-state index contributed by atoms with van der Waals surface area (Å²) < 4.78 is 0. The lowest BCUT2D eigenvalue weighted by Gasteiger charge is -2.11. The molecule has 1 aromatic carbocycles. The molecule has 0 amide bonds. The van der Waals surface area contributed by atoms with Crippen molar-refractivity contribution >= 4 is 34.6 Å². The molecule has 0 aliphatic rings. The number of unbranched alkanes of at least 4 members (excludes halogenated alkanes) is 8. The highest BCUT2D eigenvalue weighted by molar-refractivity contribution is 7.80. The molecule has 0 radical (unpaired) electrons. The van der Waals surface area contributed by atoms with Crippen molar-refractivity contribution in [1.82, 2.24) is 5.32 Å². The predicted octanol–water partition coefficient (Wildman–Crippen LogP) is 6.47. The molecule has 23 heavy (non-hydrogen) atoms. The number of aryl methyl sites for hydroxylation is 1. The van der Waals surface area contributed by atoms with Gasteiger partial charge in [-0.3, -0.25) is 0 Å². The molecule has 0 unspecified atom stereocenters. The highest BCUT2D eigenvalue weighted by Crippen LogP contribution is 2.19. The minimum atomic E-state index is 0.671. The van der Waals surface area contributed by atoms with Crippen LogP contribution in [0.5, 0.6) is 0 Å². The van der Waals surface area contributed by atoms with E-state index in [9.17, 15) is 0 Å². The third kappa shape index (κ3) is 9.83. The van der Waals surface area contributed by atoms with Gasteiger partial charge in [0, 0.05) is 17.3 Å². The molecule has 0 heterocycles. The first-order valence-corrected chi connectivity index (χ1v) is 9.73. The highest BCUT2D eigenvalue weighted by atomic mass is 35.5. The number of benzene rings is 1. The van der Waals surface area contributed by atoms with Crippen LogP contribution in [0.3, 0.4) is 0 Å². The lowest BCUT2D eigenvalue weighted by atomic mass is 10.1. The number of hydrogen-bond acceptors (Lipinski definition) is 1. The van der Waals surface area contributed by atoms with Crippen molar-refractivity contribution in [1.29, 1.82) is 0 Å². The Hall–Kier alpha value is -0.800. The van der Waals surface area contributed by atoms with Gasteiger partial charge in [-0.15, -0.1) is 0 Å². The molecule has 0 atom stereocenters. The number of anilines is 1. The molecule has 0 aromatic heterocycles. The van der Waals surface area contributed by atoms with E-state index >= 15 is 0 Å². The summed E-state index contributed by atoms with van der Waals surface area (Å²) in [6.07, 6.45) is 12.1. The summed E-state index contributed by atoms with van der Waals surface area (Å²) in [6, 6.07) is 5.89. The maximum absolute atomic E-state index is 6.11. The lowest BCUT2D eigenvalue weighted by Crippen LogP contribution is -2.29. The van der Waals surface area contributed by atoms with Gasteiger partial charge in [-0.05, 0) is 43.3 Å². The summed E-state index contributed by atoms with van der Waals surface area (Å²) >= 11 is 11.4. The minimum Gasteiger partial charge on any atom is -0.362 e. The Labute approximate surface area is 152 Å². The van der Waals surface area contributed by atoms with Crippen molar-refractivity contribution in [3.8, 4) is 0 Å². The van der Waals surface area contributed by atoms with Crippen LogP contribution in [-0.2, 0) is 0 Å². The van der Waals surface area contributed by atoms with E-state index in [0.717, 1.165) is 22.8 Å². The SMILES string of the molecule is CCCCCCCCCCCNC(=S)Nc1ccc(C)c(Cl)c1. The fourth-order valence-electron chi connectivity index (χ4n) is 2.48. The average molecular weight is 355 g/mol. The van der Waals surface area contributed by atoms with Crippen LogP contribution in [0.1, 0.15) is 70.3 Å². The van der Waals surface area contributed by atoms with E-state index in [1.807, 2.05) is 25.1 Å². The second-order valence-electron chi connectivity index (χ2n) is 6.17. The number of nitrogens with one attached hydrogen (secondary N) is 2. The maximum atomic E-state index is 6.11. The van der Waals surface area contributed by atoms with Gasteiger partial charge in [-0.2, -0.15) is 0 Å². The van der Waals surface area contributed by atoms with Crippen LogP contribution in [0.4, 0.5) is 5.69 Å². The molecule has 1 aromatic rings. The molecular formula is C19H31ClN2S. The van der Waals surface area contributed by atoms with Crippen LogP contribution in [0.15, 0.2) is 18.2 Å². The molecule has 0 saturated heterocycles. The fraction of sp³-hybridized carbons (Fsp3) is 0.632. The molecule has 130 valence electrons. The Balaban J connectivity index is 2.01. The summed E-state index contributed by atoms with van der Waals surface area (Å²) in [7, 11) is 0. The van der Waals surface area contributed by atoms with E-state index in [1.54, 1.807) is 0 Å².